The zero-order chi connectivity index (χ0) is 23.8. The van der Waals surface area contributed by atoms with Gasteiger partial charge in [0.15, 0.2) is 0 Å². The molecule has 0 aliphatic rings. The molecule has 0 heterocycles. The topological polar surface area (TPSA) is 75.7 Å². The summed E-state index contributed by atoms with van der Waals surface area (Å²) in [7, 11) is -2.04. The zero-order valence-electron chi connectivity index (χ0n) is 19.2. The first-order valence-electron chi connectivity index (χ1n) is 10.8. The van der Waals surface area contributed by atoms with E-state index in [1.165, 1.54) is 11.4 Å². The molecule has 0 bridgehead atoms. The smallest absolute Gasteiger partial charge is 0.232 e. The minimum Gasteiger partial charge on any atom is -0.495 e. The molecule has 33 heavy (non-hydrogen) atoms. The number of nitrogens with one attached hydrogen (secondary N) is 1. The van der Waals surface area contributed by atoms with E-state index in [4.69, 9.17) is 4.74 Å². The van der Waals surface area contributed by atoms with Crippen molar-refractivity contribution in [1.29, 1.82) is 0 Å². The van der Waals surface area contributed by atoms with E-state index in [2.05, 4.69) is 5.32 Å². The lowest BCUT2D eigenvalue weighted by molar-refractivity contribution is -0.121. The van der Waals surface area contributed by atoms with E-state index in [1.54, 1.807) is 24.3 Å². The first kappa shape index (κ1) is 24.3. The van der Waals surface area contributed by atoms with Gasteiger partial charge in [-0.1, -0.05) is 72.3 Å². The highest BCUT2D eigenvalue weighted by atomic mass is 32.2. The number of aryl methyl sites for hydroxylation is 1. The van der Waals surface area contributed by atoms with Gasteiger partial charge in [0.2, 0.25) is 15.9 Å². The van der Waals surface area contributed by atoms with E-state index in [-0.39, 0.29) is 24.9 Å². The number of methoxy groups -OCH3 is 1. The van der Waals surface area contributed by atoms with Gasteiger partial charge >= 0.3 is 0 Å². The number of sulfonamides is 1. The van der Waals surface area contributed by atoms with Crippen LogP contribution in [0.2, 0.25) is 0 Å². The Morgan fingerprint density at radius 2 is 1.55 bits per heavy atom. The van der Waals surface area contributed by atoms with Gasteiger partial charge in [0.25, 0.3) is 0 Å². The standard InChI is InChI=1S/C26H30N2O4S/c1-20-15-17-22(18-16-20)26(21-10-5-4-6-11-21)27-25(29)14-9-19-28(33(3,30)31)23-12-7-8-13-24(23)32-2/h4-8,10-13,15-18,26H,9,14,19H2,1-3H3,(H,27,29)/t26-/m0/s1. The molecular formula is C26H30N2O4S. The van der Waals surface area contributed by atoms with Crippen LogP contribution >= 0.6 is 0 Å². The average Bonchev–Trinajstić information content (AvgIpc) is 2.81. The first-order chi connectivity index (χ1) is 15.8. The summed E-state index contributed by atoms with van der Waals surface area (Å²) in [6.07, 6.45) is 1.71. The Morgan fingerprint density at radius 3 is 2.18 bits per heavy atom. The van der Waals surface area contributed by atoms with Gasteiger partial charge in [-0.2, -0.15) is 0 Å². The highest BCUT2D eigenvalue weighted by Crippen LogP contribution is 2.30. The molecule has 1 amide bonds. The Labute approximate surface area is 196 Å². The van der Waals surface area contributed by atoms with Crippen LogP contribution in [0.1, 0.15) is 35.6 Å². The molecule has 0 aliphatic heterocycles. The van der Waals surface area contributed by atoms with Crippen LogP contribution in [0.5, 0.6) is 5.75 Å². The van der Waals surface area contributed by atoms with Crippen molar-refractivity contribution in [2.75, 3.05) is 24.2 Å². The van der Waals surface area contributed by atoms with Gasteiger partial charge < -0.3 is 10.1 Å². The summed E-state index contributed by atoms with van der Waals surface area (Å²) >= 11 is 0. The molecule has 0 aliphatic carbocycles. The van der Waals surface area contributed by atoms with Crippen LogP contribution in [0.3, 0.4) is 0 Å². The van der Waals surface area contributed by atoms with Crippen LogP contribution in [0.25, 0.3) is 0 Å². The lowest BCUT2D eigenvalue weighted by Crippen LogP contribution is -2.33. The summed E-state index contributed by atoms with van der Waals surface area (Å²) < 4.78 is 31.4. The first-order valence-corrected chi connectivity index (χ1v) is 12.7. The van der Waals surface area contributed by atoms with Gasteiger partial charge in [-0.05, 0) is 36.6 Å². The number of ether oxygens (including phenoxy) is 1. The van der Waals surface area contributed by atoms with Gasteiger partial charge in [-0.25, -0.2) is 8.42 Å². The third-order valence-corrected chi connectivity index (χ3v) is 6.55. The maximum Gasteiger partial charge on any atom is 0.232 e. The van der Waals surface area contributed by atoms with Crippen molar-refractivity contribution in [3.05, 3.63) is 95.6 Å². The minimum atomic E-state index is -3.54. The van der Waals surface area contributed by atoms with Crippen LogP contribution in [-0.2, 0) is 14.8 Å². The molecule has 0 aromatic heterocycles. The Balaban J connectivity index is 1.71. The lowest BCUT2D eigenvalue weighted by atomic mass is 9.97. The number of para-hydroxylation sites is 2. The van der Waals surface area contributed by atoms with Crippen molar-refractivity contribution in [1.82, 2.24) is 5.32 Å². The Hall–Kier alpha value is -3.32. The molecule has 1 atom stereocenters. The van der Waals surface area contributed by atoms with E-state index in [0.717, 1.165) is 22.9 Å². The zero-order valence-corrected chi connectivity index (χ0v) is 20.0. The van der Waals surface area contributed by atoms with E-state index in [1.807, 2.05) is 61.5 Å². The molecule has 3 rings (SSSR count). The molecule has 0 saturated carbocycles. The molecular weight excluding hydrogens is 436 g/mol. The maximum atomic E-state index is 12.9. The maximum absolute atomic E-state index is 12.9. The molecule has 0 spiro atoms. The van der Waals surface area contributed by atoms with Gasteiger partial charge in [0, 0.05) is 13.0 Å². The average molecular weight is 467 g/mol. The molecule has 7 heteroatoms. The molecule has 0 radical (unpaired) electrons. The van der Waals surface area contributed by atoms with Crippen molar-refractivity contribution >= 4 is 21.6 Å². The normalized spacial score (nSPS) is 12.1. The van der Waals surface area contributed by atoms with Crippen LogP contribution in [-0.4, -0.2) is 34.2 Å². The predicted molar refractivity (Wildman–Crippen MR) is 132 cm³/mol. The van der Waals surface area contributed by atoms with Crippen molar-refractivity contribution in [3.63, 3.8) is 0 Å². The molecule has 3 aromatic rings. The monoisotopic (exact) mass is 466 g/mol. The number of anilines is 1. The highest BCUT2D eigenvalue weighted by Gasteiger charge is 2.22. The molecule has 1 N–H and O–H groups in total. The number of amides is 1. The summed E-state index contributed by atoms with van der Waals surface area (Å²) in [6.45, 7) is 2.20. The number of hydrogen-bond donors (Lipinski definition) is 1. The number of rotatable bonds is 10. The van der Waals surface area contributed by atoms with Crippen molar-refractivity contribution < 1.29 is 17.9 Å². The second-order valence-corrected chi connectivity index (χ2v) is 9.84. The van der Waals surface area contributed by atoms with Crippen LogP contribution in [0.4, 0.5) is 5.69 Å². The van der Waals surface area contributed by atoms with Crippen LogP contribution in [0.15, 0.2) is 78.9 Å². The highest BCUT2D eigenvalue weighted by molar-refractivity contribution is 7.92. The fraction of sp³-hybridized carbons (Fsp3) is 0.269. The Morgan fingerprint density at radius 1 is 0.939 bits per heavy atom. The van der Waals surface area contributed by atoms with Crippen molar-refractivity contribution in [2.45, 2.75) is 25.8 Å². The molecule has 0 saturated heterocycles. The van der Waals surface area contributed by atoms with Gasteiger partial charge in [-0.15, -0.1) is 0 Å². The quantitative estimate of drug-likeness (QED) is 0.479. The van der Waals surface area contributed by atoms with Gasteiger partial charge in [0.05, 0.1) is 25.1 Å². The number of benzene rings is 3. The summed E-state index contributed by atoms with van der Waals surface area (Å²) in [5, 5.41) is 3.11. The second kappa shape index (κ2) is 11.0. The molecule has 0 fully saturated rings. The number of carbonyl (C=O) groups excluding carboxylic acids is 1. The van der Waals surface area contributed by atoms with Gasteiger partial charge in [-0.3, -0.25) is 9.10 Å². The molecule has 3 aromatic carbocycles. The summed E-state index contributed by atoms with van der Waals surface area (Å²) in [5.41, 5.74) is 3.59. The third kappa shape index (κ3) is 6.58. The predicted octanol–water partition coefficient (Wildman–Crippen LogP) is 4.46. The van der Waals surface area contributed by atoms with Crippen LogP contribution in [0, 0.1) is 6.92 Å². The summed E-state index contributed by atoms with van der Waals surface area (Å²) in [5.74, 6) is 0.328. The Bertz CT molecular complexity index is 1160. The van der Waals surface area contributed by atoms with Gasteiger partial charge in [0.1, 0.15) is 5.75 Å². The molecule has 6 nitrogen and oxygen atoms in total. The number of nitrogens with zero attached hydrogens (tertiary/aromatic N) is 1. The fourth-order valence-electron chi connectivity index (χ4n) is 3.68. The SMILES string of the molecule is COc1ccccc1N(CCCC(=O)N[C@@H](c1ccccc1)c1ccc(C)cc1)S(C)(=O)=O. The second-order valence-electron chi connectivity index (χ2n) is 7.93. The summed E-state index contributed by atoms with van der Waals surface area (Å²) in [4.78, 5) is 12.9. The van der Waals surface area contributed by atoms with Crippen molar-refractivity contribution in [3.8, 4) is 5.75 Å². The third-order valence-electron chi connectivity index (χ3n) is 5.37. The summed E-state index contributed by atoms with van der Waals surface area (Å²) in [6, 6.07) is 24.5. The number of carbonyl (C=O) groups is 1. The van der Waals surface area contributed by atoms with Crippen LogP contribution < -0.4 is 14.4 Å². The largest absolute Gasteiger partial charge is 0.495 e. The van der Waals surface area contributed by atoms with E-state index in [0.29, 0.717) is 17.9 Å². The van der Waals surface area contributed by atoms with E-state index in [9.17, 15) is 13.2 Å². The minimum absolute atomic E-state index is 0.141. The molecule has 0 unspecified atom stereocenters. The lowest BCUT2D eigenvalue weighted by Gasteiger charge is -2.24. The molecule has 174 valence electrons. The fourth-order valence-corrected chi connectivity index (χ4v) is 4.65. The Kier molecular flexibility index (Phi) is 8.11. The number of hydrogen-bond acceptors (Lipinski definition) is 4. The van der Waals surface area contributed by atoms with E-state index >= 15 is 0 Å². The van der Waals surface area contributed by atoms with Crippen molar-refractivity contribution in [2.24, 2.45) is 0 Å². The van der Waals surface area contributed by atoms with E-state index < -0.39 is 10.0 Å².